The summed E-state index contributed by atoms with van der Waals surface area (Å²) in [7, 11) is 0. The van der Waals surface area contributed by atoms with Crippen molar-refractivity contribution in [3.63, 3.8) is 0 Å². The standard InChI is InChI=1S/C12H22N4O2/c1-5-9(4)8-10-13-14-15-16(10)12(6-2,7-3)11(17)18/h9H,5-8H2,1-4H3,(H,17,18). The third kappa shape index (κ3) is 2.52. The van der Waals surface area contributed by atoms with E-state index in [1.54, 1.807) is 0 Å². The van der Waals surface area contributed by atoms with Gasteiger partial charge < -0.3 is 5.11 Å². The molecule has 0 aliphatic heterocycles. The minimum Gasteiger partial charge on any atom is -0.479 e. The van der Waals surface area contributed by atoms with Gasteiger partial charge in [-0.05, 0) is 29.2 Å². The van der Waals surface area contributed by atoms with Crippen LogP contribution >= 0.6 is 0 Å². The van der Waals surface area contributed by atoms with E-state index in [1.807, 2.05) is 13.8 Å². The van der Waals surface area contributed by atoms with Crippen LogP contribution in [0.4, 0.5) is 0 Å². The van der Waals surface area contributed by atoms with Crippen LogP contribution in [0, 0.1) is 5.92 Å². The Morgan fingerprint density at radius 3 is 2.44 bits per heavy atom. The fourth-order valence-corrected chi connectivity index (χ4v) is 2.06. The van der Waals surface area contributed by atoms with E-state index >= 15 is 0 Å². The van der Waals surface area contributed by atoms with Gasteiger partial charge in [-0.1, -0.05) is 34.1 Å². The molecule has 1 rings (SSSR count). The Hall–Kier alpha value is -1.46. The SMILES string of the molecule is CCC(C)Cc1nnnn1C(CC)(CC)C(=O)O. The van der Waals surface area contributed by atoms with E-state index in [0.717, 1.165) is 6.42 Å². The molecule has 0 fully saturated rings. The van der Waals surface area contributed by atoms with Crippen LogP contribution in [0.3, 0.4) is 0 Å². The van der Waals surface area contributed by atoms with E-state index in [9.17, 15) is 9.90 Å². The molecule has 1 atom stereocenters. The van der Waals surface area contributed by atoms with Crippen LogP contribution in [-0.4, -0.2) is 31.3 Å². The number of hydrogen-bond donors (Lipinski definition) is 1. The van der Waals surface area contributed by atoms with Crippen molar-refractivity contribution in [2.24, 2.45) is 5.92 Å². The zero-order chi connectivity index (χ0) is 13.8. The summed E-state index contributed by atoms with van der Waals surface area (Å²) in [6.45, 7) is 7.92. The Kier molecular flexibility index (Phi) is 4.81. The van der Waals surface area contributed by atoms with E-state index in [2.05, 4.69) is 29.4 Å². The van der Waals surface area contributed by atoms with Crippen LogP contribution in [0.2, 0.25) is 0 Å². The van der Waals surface area contributed by atoms with Gasteiger partial charge in [0.2, 0.25) is 0 Å². The number of aliphatic carboxylic acids is 1. The van der Waals surface area contributed by atoms with E-state index in [4.69, 9.17) is 0 Å². The van der Waals surface area contributed by atoms with Gasteiger partial charge in [0.15, 0.2) is 11.4 Å². The van der Waals surface area contributed by atoms with Gasteiger partial charge in [-0.2, -0.15) is 0 Å². The summed E-state index contributed by atoms with van der Waals surface area (Å²) in [6.07, 6.45) is 2.67. The molecule has 0 aromatic carbocycles. The van der Waals surface area contributed by atoms with E-state index in [-0.39, 0.29) is 0 Å². The predicted octanol–water partition coefficient (Wildman–Crippen LogP) is 1.86. The first-order chi connectivity index (χ1) is 8.51. The number of nitrogens with zero attached hydrogens (tertiary/aromatic N) is 4. The lowest BCUT2D eigenvalue weighted by molar-refractivity contribution is -0.148. The normalized spacial score (nSPS) is 13.6. The van der Waals surface area contributed by atoms with Crippen molar-refractivity contribution in [3.8, 4) is 0 Å². The number of carboxylic acid groups (broad SMARTS) is 1. The molecule has 1 N–H and O–H groups in total. The molecule has 6 nitrogen and oxygen atoms in total. The number of rotatable bonds is 7. The fraction of sp³-hybridized carbons (Fsp3) is 0.833. The van der Waals surface area contributed by atoms with Crippen molar-refractivity contribution in [2.45, 2.75) is 58.9 Å². The number of carboxylic acids is 1. The third-order valence-electron chi connectivity index (χ3n) is 3.74. The first-order valence-corrected chi connectivity index (χ1v) is 6.52. The maximum atomic E-state index is 11.6. The molecule has 0 saturated heterocycles. The van der Waals surface area contributed by atoms with Crippen LogP contribution in [-0.2, 0) is 16.8 Å². The Bertz CT molecular complexity index is 399. The topological polar surface area (TPSA) is 80.9 Å². The molecule has 102 valence electrons. The quantitative estimate of drug-likeness (QED) is 0.803. The Labute approximate surface area is 107 Å². The molecule has 1 heterocycles. The Morgan fingerprint density at radius 2 is 2.00 bits per heavy atom. The molecular formula is C12H22N4O2. The lowest BCUT2D eigenvalue weighted by Gasteiger charge is -2.27. The average Bonchev–Trinajstić information content (AvgIpc) is 2.80. The molecule has 0 radical (unpaired) electrons. The van der Waals surface area contributed by atoms with Gasteiger partial charge in [0.25, 0.3) is 0 Å². The molecule has 0 saturated carbocycles. The highest BCUT2D eigenvalue weighted by Gasteiger charge is 2.40. The summed E-state index contributed by atoms with van der Waals surface area (Å²) >= 11 is 0. The molecule has 18 heavy (non-hydrogen) atoms. The van der Waals surface area contributed by atoms with Crippen LogP contribution in [0.5, 0.6) is 0 Å². The van der Waals surface area contributed by atoms with Crippen LogP contribution < -0.4 is 0 Å². The molecule has 1 unspecified atom stereocenters. The first-order valence-electron chi connectivity index (χ1n) is 6.52. The van der Waals surface area contributed by atoms with Gasteiger partial charge in [-0.25, -0.2) is 9.48 Å². The molecule has 0 spiro atoms. The summed E-state index contributed by atoms with van der Waals surface area (Å²) in [5.41, 5.74) is -1.02. The molecule has 6 heteroatoms. The van der Waals surface area contributed by atoms with Crippen molar-refractivity contribution in [3.05, 3.63) is 5.82 Å². The molecule has 0 aliphatic carbocycles. The minimum atomic E-state index is -1.02. The van der Waals surface area contributed by atoms with Crippen molar-refractivity contribution in [1.82, 2.24) is 20.2 Å². The second-order valence-corrected chi connectivity index (χ2v) is 4.77. The number of tetrazole rings is 1. The van der Waals surface area contributed by atoms with Crippen molar-refractivity contribution in [2.75, 3.05) is 0 Å². The highest BCUT2D eigenvalue weighted by Crippen LogP contribution is 2.26. The van der Waals surface area contributed by atoms with Gasteiger partial charge in [0, 0.05) is 6.42 Å². The second kappa shape index (κ2) is 5.93. The summed E-state index contributed by atoms with van der Waals surface area (Å²) in [5, 5.41) is 21.0. The molecular weight excluding hydrogens is 232 g/mol. The summed E-state index contributed by atoms with van der Waals surface area (Å²) < 4.78 is 1.50. The van der Waals surface area contributed by atoms with Gasteiger partial charge in [0.1, 0.15) is 0 Å². The van der Waals surface area contributed by atoms with Gasteiger partial charge in [-0.15, -0.1) is 5.10 Å². The van der Waals surface area contributed by atoms with Crippen molar-refractivity contribution >= 4 is 5.97 Å². The summed E-state index contributed by atoms with van der Waals surface area (Å²) in [6, 6.07) is 0. The van der Waals surface area contributed by atoms with Gasteiger partial charge in [-0.3, -0.25) is 0 Å². The third-order valence-corrected chi connectivity index (χ3v) is 3.74. The molecule has 0 aliphatic rings. The van der Waals surface area contributed by atoms with Crippen molar-refractivity contribution < 1.29 is 9.90 Å². The second-order valence-electron chi connectivity index (χ2n) is 4.77. The fourth-order valence-electron chi connectivity index (χ4n) is 2.06. The van der Waals surface area contributed by atoms with E-state index in [0.29, 0.717) is 31.0 Å². The lowest BCUT2D eigenvalue weighted by atomic mass is 9.92. The van der Waals surface area contributed by atoms with Crippen molar-refractivity contribution in [1.29, 1.82) is 0 Å². The average molecular weight is 254 g/mol. The molecule has 0 amide bonds. The van der Waals surface area contributed by atoms with E-state index < -0.39 is 11.5 Å². The maximum Gasteiger partial charge on any atom is 0.331 e. The van der Waals surface area contributed by atoms with Crippen LogP contribution in [0.15, 0.2) is 0 Å². The molecule has 1 aromatic rings. The minimum absolute atomic E-state index is 0.440. The van der Waals surface area contributed by atoms with Crippen LogP contribution in [0.1, 0.15) is 52.8 Å². The molecule has 1 aromatic heterocycles. The zero-order valence-corrected chi connectivity index (χ0v) is 11.6. The zero-order valence-electron chi connectivity index (χ0n) is 11.6. The maximum absolute atomic E-state index is 11.6. The number of carbonyl (C=O) groups is 1. The smallest absolute Gasteiger partial charge is 0.331 e. The highest BCUT2D eigenvalue weighted by atomic mass is 16.4. The monoisotopic (exact) mass is 254 g/mol. The van der Waals surface area contributed by atoms with Gasteiger partial charge in [0.05, 0.1) is 0 Å². The predicted molar refractivity (Wildman–Crippen MR) is 67.2 cm³/mol. The van der Waals surface area contributed by atoms with Gasteiger partial charge >= 0.3 is 5.97 Å². The Morgan fingerprint density at radius 1 is 1.39 bits per heavy atom. The largest absolute Gasteiger partial charge is 0.479 e. The molecule has 0 bridgehead atoms. The highest BCUT2D eigenvalue weighted by molar-refractivity contribution is 5.76. The number of hydrogen-bond acceptors (Lipinski definition) is 4. The number of aromatic nitrogens is 4. The summed E-state index contributed by atoms with van der Waals surface area (Å²) in [4.78, 5) is 11.6. The summed E-state index contributed by atoms with van der Waals surface area (Å²) in [5.74, 6) is 0.232. The van der Waals surface area contributed by atoms with E-state index in [1.165, 1.54) is 4.68 Å². The lowest BCUT2D eigenvalue weighted by Crippen LogP contribution is -2.43. The van der Waals surface area contributed by atoms with Crippen LogP contribution in [0.25, 0.3) is 0 Å². The Balaban J connectivity index is 3.14. The first kappa shape index (κ1) is 14.6.